The van der Waals surface area contributed by atoms with Crippen LogP contribution in [0.25, 0.3) is 0 Å². The van der Waals surface area contributed by atoms with Crippen molar-refractivity contribution in [3.8, 4) is 0 Å². The van der Waals surface area contributed by atoms with Crippen LogP contribution in [0.4, 0.5) is 0 Å². The topological polar surface area (TPSA) is 106 Å². The van der Waals surface area contributed by atoms with E-state index in [0.717, 1.165) is 12.4 Å². The Labute approximate surface area is 120 Å². The fraction of sp³-hybridized carbons (Fsp3) is 0. The van der Waals surface area contributed by atoms with Gasteiger partial charge in [0.25, 0.3) is 0 Å². The highest BCUT2D eigenvalue weighted by Crippen LogP contribution is 2.13. The number of pyridine rings is 2. The predicted octanol–water partition coefficient (Wildman–Crippen LogP) is -1.30. The lowest BCUT2D eigenvalue weighted by molar-refractivity contribution is -0.256. The minimum absolute atomic E-state index is 0.0407. The van der Waals surface area contributed by atoms with Crippen molar-refractivity contribution in [3.05, 3.63) is 47.8 Å². The maximum absolute atomic E-state index is 10.6. The molecule has 0 radical (unpaired) electrons. The smallest absolute Gasteiger partial charge is 0.106 e. The average Bonchev–Trinajstić information content (AvgIpc) is 2.46. The summed E-state index contributed by atoms with van der Waals surface area (Å²) in [5, 5.41) is 22.2. The van der Waals surface area contributed by atoms with Crippen LogP contribution < -0.4 is 10.2 Å². The van der Waals surface area contributed by atoms with Crippen molar-refractivity contribution in [2.75, 3.05) is 0 Å². The van der Waals surface area contributed by atoms with E-state index in [9.17, 15) is 19.8 Å². The lowest BCUT2D eigenvalue weighted by Gasteiger charge is -2.07. The number of hydrogen-bond donors (Lipinski definition) is 0. The average molecular weight is 306 g/mol. The largest absolute Gasteiger partial charge is 0.545 e. The molecule has 0 N–H and O–H groups in total. The summed E-state index contributed by atoms with van der Waals surface area (Å²) in [5.74, 6) is -2.63. The van der Waals surface area contributed by atoms with E-state index in [1.165, 1.54) is 24.3 Å². The van der Waals surface area contributed by atoms with E-state index in [1.807, 2.05) is 0 Å². The molecule has 8 heteroatoms. The first-order chi connectivity index (χ1) is 9.49. The van der Waals surface area contributed by atoms with Gasteiger partial charge in [0.05, 0.1) is 11.9 Å². The number of aromatic carboxylic acids is 2. The van der Waals surface area contributed by atoms with Gasteiger partial charge >= 0.3 is 0 Å². The van der Waals surface area contributed by atoms with Crippen molar-refractivity contribution in [1.29, 1.82) is 0 Å². The van der Waals surface area contributed by atoms with Crippen LogP contribution in [0.1, 0.15) is 20.7 Å². The van der Waals surface area contributed by atoms with Gasteiger partial charge in [-0.3, -0.25) is 0 Å². The van der Waals surface area contributed by atoms with E-state index in [-0.39, 0.29) is 11.1 Å². The van der Waals surface area contributed by atoms with Crippen molar-refractivity contribution in [1.82, 2.24) is 9.97 Å². The van der Waals surface area contributed by atoms with E-state index < -0.39 is 21.4 Å². The molecule has 0 aliphatic heterocycles. The number of carbonyl (C=O) groups is 2. The monoisotopic (exact) mass is 306 g/mol. The van der Waals surface area contributed by atoms with Crippen LogP contribution >= 0.6 is 0 Å². The minimum atomic E-state index is -1.32. The van der Waals surface area contributed by atoms with Gasteiger partial charge in [0.15, 0.2) is 0 Å². The van der Waals surface area contributed by atoms with Crippen molar-refractivity contribution in [3.63, 3.8) is 0 Å². The summed E-state index contributed by atoms with van der Waals surface area (Å²) in [7, 11) is -0.905. The lowest BCUT2D eigenvalue weighted by Crippen LogP contribution is -2.22. The van der Waals surface area contributed by atoms with Crippen LogP contribution in [0.2, 0.25) is 0 Å². The molecule has 0 bridgehead atoms. The van der Waals surface area contributed by atoms with Gasteiger partial charge in [-0.25, -0.2) is 9.97 Å². The van der Waals surface area contributed by atoms with E-state index in [1.54, 1.807) is 0 Å². The zero-order chi connectivity index (χ0) is 14.7. The lowest BCUT2D eigenvalue weighted by atomic mass is 10.3. The van der Waals surface area contributed by atoms with Crippen LogP contribution in [-0.4, -0.2) is 21.9 Å². The molecule has 0 saturated heterocycles. The molecule has 0 atom stereocenters. The number of carboxylic acids is 2. The molecule has 0 aliphatic carbocycles. The second-order valence-corrected chi connectivity index (χ2v) is 5.99. The minimum Gasteiger partial charge on any atom is -0.545 e. The Bertz CT molecular complexity index is 624. The van der Waals surface area contributed by atoms with Gasteiger partial charge in [-0.15, -0.1) is 0 Å². The third kappa shape index (κ3) is 3.03. The first-order valence-electron chi connectivity index (χ1n) is 5.25. The molecular formula is C12H6N2O4S2-2. The molecule has 102 valence electrons. The molecule has 0 aliphatic rings. The molecule has 20 heavy (non-hydrogen) atoms. The highest BCUT2D eigenvalue weighted by atomic mass is 32.8. The molecule has 6 nitrogen and oxygen atoms in total. The number of carbonyl (C=O) groups excluding carboxylic acids is 2. The Morgan fingerprint density at radius 1 is 0.900 bits per heavy atom. The maximum Gasteiger partial charge on any atom is 0.106 e. The zero-order valence-electron chi connectivity index (χ0n) is 9.81. The predicted molar refractivity (Wildman–Crippen MR) is 68.4 cm³/mol. The third-order valence-corrected chi connectivity index (χ3v) is 4.59. The second-order valence-electron chi connectivity index (χ2n) is 3.61. The Morgan fingerprint density at radius 2 is 1.30 bits per heavy atom. The van der Waals surface area contributed by atoms with Crippen LogP contribution in [-0.2, 0) is 20.6 Å². The van der Waals surface area contributed by atoms with Gasteiger partial charge in [-0.2, -0.15) is 0 Å². The van der Waals surface area contributed by atoms with Crippen molar-refractivity contribution < 1.29 is 19.8 Å². The van der Waals surface area contributed by atoms with Crippen molar-refractivity contribution in [2.45, 2.75) is 10.1 Å². The maximum atomic E-state index is 10.6. The number of aromatic nitrogens is 2. The van der Waals surface area contributed by atoms with E-state index in [2.05, 4.69) is 9.97 Å². The summed E-state index contributed by atoms with van der Waals surface area (Å²) in [6.07, 6.45) is 2.32. The molecule has 2 aromatic rings. The fourth-order valence-corrected chi connectivity index (χ4v) is 2.81. The van der Waals surface area contributed by atoms with Crippen LogP contribution in [0.3, 0.4) is 0 Å². The summed E-state index contributed by atoms with van der Waals surface area (Å²) < 4.78 is 0. The van der Waals surface area contributed by atoms with Crippen LogP contribution in [0, 0.1) is 0 Å². The number of nitrogens with zero attached hydrogens (tertiary/aromatic N) is 2. The van der Waals surface area contributed by atoms with Gasteiger partial charge in [0, 0.05) is 23.5 Å². The van der Waals surface area contributed by atoms with Gasteiger partial charge < -0.3 is 19.8 Å². The molecule has 0 unspecified atom stereocenters. The van der Waals surface area contributed by atoms with Crippen LogP contribution in [0.5, 0.6) is 0 Å². The summed E-state index contributed by atoms with van der Waals surface area (Å²) in [4.78, 5) is 29.1. The van der Waals surface area contributed by atoms with E-state index in [4.69, 9.17) is 11.2 Å². The van der Waals surface area contributed by atoms with Gasteiger partial charge in [0.2, 0.25) is 0 Å². The first-order valence-corrected chi connectivity index (χ1v) is 7.40. The third-order valence-electron chi connectivity index (χ3n) is 2.32. The molecule has 2 rings (SSSR count). The summed E-state index contributed by atoms with van der Waals surface area (Å²) >= 11 is 5.26. The molecule has 0 saturated carbocycles. The van der Waals surface area contributed by atoms with E-state index >= 15 is 0 Å². The summed E-state index contributed by atoms with van der Waals surface area (Å²) in [5.41, 5.74) is -0.0815. The zero-order valence-corrected chi connectivity index (χ0v) is 11.4. The standard InChI is InChI=1S/C12H8N2O4S2/c15-11(16)7-1-3-9(13-5-7)20(19)10-4-2-8(6-14-10)12(17)18/h1-6H,(H,15,16)(H,17,18)/p-2. The quantitative estimate of drug-likeness (QED) is 0.691. The fourth-order valence-electron chi connectivity index (χ4n) is 1.33. The molecular weight excluding hydrogens is 300 g/mol. The molecule has 2 aromatic heterocycles. The first kappa shape index (κ1) is 14.2. The van der Waals surface area contributed by atoms with Crippen molar-refractivity contribution >= 4 is 32.6 Å². The molecule has 2 heterocycles. The number of carboxylic acid groups (broad SMARTS) is 2. The molecule has 0 amide bonds. The molecule has 0 fully saturated rings. The normalized spacial score (nSPS) is 10.4. The Kier molecular flexibility index (Phi) is 4.16. The highest BCUT2D eigenvalue weighted by molar-refractivity contribution is 8.28. The van der Waals surface area contributed by atoms with Gasteiger partial charge in [-0.1, -0.05) is 0 Å². The molecule has 0 aromatic carbocycles. The van der Waals surface area contributed by atoms with Crippen molar-refractivity contribution in [2.24, 2.45) is 0 Å². The van der Waals surface area contributed by atoms with Crippen LogP contribution in [0.15, 0.2) is 46.7 Å². The highest BCUT2D eigenvalue weighted by Gasteiger charge is 2.07. The van der Waals surface area contributed by atoms with Gasteiger partial charge in [-0.05, 0) is 44.9 Å². The number of hydrogen-bond acceptors (Lipinski definition) is 7. The SMILES string of the molecule is O=C([O-])c1ccc(S(=S)c2ccc(C(=O)[O-])cn2)nc1. The molecule has 0 spiro atoms. The Hall–Kier alpha value is -2.19. The number of rotatable bonds is 4. The van der Waals surface area contributed by atoms with E-state index in [0.29, 0.717) is 10.1 Å². The summed E-state index contributed by atoms with van der Waals surface area (Å²) in [6, 6.07) is 5.66. The second kappa shape index (κ2) is 5.85. The summed E-state index contributed by atoms with van der Waals surface area (Å²) in [6.45, 7) is 0. The Morgan fingerprint density at radius 3 is 1.55 bits per heavy atom. The van der Waals surface area contributed by atoms with Gasteiger partial charge in [0.1, 0.15) is 10.1 Å². The Balaban J connectivity index is 2.26.